The van der Waals surface area contributed by atoms with Crippen molar-refractivity contribution >= 4 is 35.1 Å². The average Bonchev–Trinajstić information content (AvgIpc) is 3.08. The zero-order valence-electron chi connectivity index (χ0n) is 11.4. The number of amides is 1. The van der Waals surface area contributed by atoms with Gasteiger partial charge in [0.1, 0.15) is 5.82 Å². The Bertz CT molecular complexity index is 711. The van der Waals surface area contributed by atoms with Crippen molar-refractivity contribution in [3.8, 4) is 0 Å². The van der Waals surface area contributed by atoms with Crippen molar-refractivity contribution in [2.45, 2.75) is 6.92 Å². The molecule has 2 aromatic rings. The third kappa shape index (κ3) is 3.01. The maximum atomic E-state index is 13.8. The number of aromatic nitrogens is 1. The quantitative estimate of drug-likeness (QED) is 0.844. The van der Waals surface area contributed by atoms with Gasteiger partial charge in [-0.05, 0) is 25.1 Å². The van der Waals surface area contributed by atoms with E-state index < -0.39 is 5.82 Å². The van der Waals surface area contributed by atoms with Crippen molar-refractivity contribution in [1.29, 1.82) is 0 Å². The molecule has 0 atom stereocenters. The zero-order chi connectivity index (χ0) is 14.8. The number of aryl methyl sites for hydroxylation is 1. The van der Waals surface area contributed by atoms with E-state index in [0.29, 0.717) is 6.54 Å². The van der Waals surface area contributed by atoms with Gasteiger partial charge in [-0.15, -0.1) is 23.1 Å². The number of thiazole rings is 1. The Morgan fingerprint density at radius 2 is 2.24 bits per heavy atom. The van der Waals surface area contributed by atoms with Gasteiger partial charge < -0.3 is 4.90 Å². The predicted octanol–water partition coefficient (Wildman–Crippen LogP) is 3.78. The molecule has 21 heavy (non-hydrogen) atoms. The number of thioether (sulfide) groups is 1. The zero-order valence-corrected chi connectivity index (χ0v) is 13.0. The monoisotopic (exact) mass is 320 g/mol. The summed E-state index contributed by atoms with van der Waals surface area (Å²) < 4.78 is 13.8. The lowest BCUT2D eigenvalue weighted by atomic mass is 10.2. The van der Waals surface area contributed by atoms with Gasteiger partial charge >= 0.3 is 0 Å². The molecule has 108 valence electrons. The van der Waals surface area contributed by atoms with Crippen LogP contribution in [0.5, 0.6) is 0 Å². The van der Waals surface area contributed by atoms with Crippen LogP contribution in [0.4, 0.5) is 4.39 Å². The molecule has 1 aromatic heterocycles. The summed E-state index contributed by atoms with van der Waals surface area (Å²) in [5, 5.41) is 3.76. The summed E-state index contributed by atoms with van der Waals surface area (Å²) in [6, 6.07) is 6.08. The van der Waals surface area contributed by atoms with Gasteiger partial charge in [0.15, 0.2) is 0 Å². The molecule has 0 saturated carbocycles. The summed E-state index contributed by atoms with van der Waals surface area (Å²) in [6.45, 7) is 2.53. The van der Waals surface area contributed by atoms with E-state index in [9.17, 15) is 9.18 Å². The van der Waals surface area contributed by atoms with Crippen molar-refractivity contribution in [3.05, 3.63) is 56.8 Å². The number of benzene rings is 1. The van der Waals surface area contributed by atoms with Crippen LogP contribution in [0.3, 0.4) is 0 Å². The predicted molar refractivity (Wildman–Crippen MR) is 84.7 cm³/mol. The van der Waals surface area contributed by atoms with Gasteiger partial charge in [-0.25, -0.2) is 9.37 Å². The third-order valence-corrected chi connectivity index (χ3v) is 4.90. The molecule has 3 rings (SSSR count). The lowest BCUT2D eigenvalue weighted by molar-refractivity contribution is 0.0826. The Kier molecular flexibility index (Phi) is 4.07. The van der Waals surface area contributed by atoms with Crippen molar-refractivity contribution in [1.82, 2.24) is 9.88 Å². The van der Waals surface area contributed by atoms with Gasteiger partial charge in [0.05, 0.1) is 21.3 Å². The largest absolute Gasteiger partial charge is 0.302 e. The van der Waals surface area contributed by atoms with Gasteiger partial charge in [-0.2, -0.15) is 0 Å². The molecule has 1 aliphatic heterocycles. The highest BCUT2D eigenvalue weighted by Crippen LogP contribution is 2.31. The SMILES string of the molecule is Cc1nc(/C=C2/SCCN2C(=O)c2ccccc2F)cs1. The molecular formula is C15H13FN2OS2. The van der Waals surface area contributed by atoms with Crippen molar-refractivity contribution in [3.63, 3.8) is 0 Å². The first-order valence-corrected chi connectivity index (χ1v) is 8.35. The molecule has 0 bridgehead atoms. The Balaban J connectivity index is 1.89. The van der Waals surface area contributed by atoms with E-state index >= 15 is 0 Å². The fraction of sp³-hybridized carbons (Fsp3) is 0.200. The van der Waals surface area contributed by atoms with E-state index in [4.69, 9.17) is 0 Å². The molecule has 2 heterocycles. The first-order valence-electron chi connectivity index (χ1n) is 6.48. The summed E-state index contributed by atoms with van der Waals surface area (Å²) in [4.78, 5) is 18.5. The summed E-state index contributed by atoms with van der Waals surface area (Å²) in [7, 11) is 0. The van der Waals surface area contributed by atoms with Gasteiger partial charge in [0.25, 0.3) is 5.91 Å². The number of hydrogen-bond acceptors (Lipinski definition) is 4. The number of carbonyl (C=O) groups excluding carboxylic acids is 1. The van der Waals surface area contributed by atoms with E-state index in [1.807, 2.05) is 18.4 Å². The van der Waals surface area contributed by atoms with Crippen LogP contribution in [0.25, 0.3) is 6.08 Å². The smallest absolute Gasteiger partial charge is 0.261 e. The molecular weight excluding hydrogens is 307 g/mol. The van der Waals surface area contributed by atoms with Crippen LogP contribution in [-0.2, 0) is 0 Å². The van der Waals surface area contributed by atoms with Gasteiger partial charge in [0, 0.05) is 17.7 Å². The van der Waals surface area contributed by atoms with Crippen LogP contribution >= 0.6 is 23.1 Å². The van der Waals surface area contributed by atoms with Crippen LogP contribution in [0.1, 0.15) is 21.1 Å². The second-order valence-corrected chi connectivity index (χ2v) is 6.74. The Morgan fingerprint density at radius 3 is 2.95 bits per heavy atom. The highest BCUT2D eigenvalue weighted by molar-refractivity contribution is 8.03. The van der Waals surface area contributed by atoms with E-state index in [1.54, 1.807) is 40.1 Å². The number of hydrogen-bond donors (Lipinski definition) is 0. The molecule has 1 fully saturated rings. The normalized spacial score (nSPS) is 16.7. The molecule has 0 unspecified atom stereocenters. The van der Waals surface area contributed by atoms with Gasteiger partial charge in [-0.1, -0.05) is 12.1 Å². The third-order valence-electron chi connectivity index (χ3n) is 3.09. The molecule has 3 nitrogen and oxygen atoms in total. The Hall–Kier alpha value is -1.66. The standard InChI is InChI=1S/C15H13FN2OS2/c1-10-17-11(9-21-10)8-14-18(6-7-20-14)15(19)12-4-2-3-5-13(12)16/h2-5,8-9H,6-7H2,1H3/b14-8+. The van der Waals surface area contributed by atoms with E-state index in [1.165, 1.54) is 12.1 Å². The molecule has 0 N–H and O–H groups in total. The Labute approximate surface area is 130 Å². The van der Waals surface area contributed by atoms with Crippen LogP contribution in [0, 0.1) is 12.7 Å². The molecule has 1 aliphatic rings. The van der Waals surface area contributed by atoms with E-state index in [-0.39, 0.29) is 11.5 Å². The number of carbonyl (C=O) groups is 1. The minimum absolute atomic E-state index is 0.111. The lowest BCUT2D eigenvalue weighted by Crippen LogP contribution is -2.27. The van der Waals surface area contributed by atoms with E-state index in [0.717, 1.165) is 21.5 Å². The minimum Gasteiger partial charge on any atom is -0.302 e. The summed E-state index contributed by atoms with van der Waals surface area (Å²) in [5.41, 5.74) is 0.952. The van der Waals surface area contributed by atoms with Crippen LogP contribution in [0.2, 0.25) is 0 Å². The average molecular weight is 320 g/mol. The highest BCUT2D eigenvalue weighted by Gasteiger charge is 2.27. The second-order valence-electron chi connectivity index (χ2n) is 4.56. The van der Waals surface area contributed by atoms with Gasteiger partial charge in [0.2, 0.25) is 0 Å². The molecule has 1 aromatic carbocycles. The highest BCUT2D eigenvalue weighted by atomic mass is 32.2. The molecule has 6 heteroatoms. The number of halogens is 1. The van der Waals surface area contributed by atoms with Crippen LogP contribution < -0.4 is 0 Å². The first-order chi connectivity index (χ1) is 10.1. The van der Waals surface area contributed by atoms with Crippen molar-refractivity contribution in [2.75, 3.05) is 12.3 Å². The summed E-state index contributed by atoms with van der Waals surface area (Å²) >= 11 is 3.16. The summed E-state index contributed by atoms with van der Waals surface area (Å²) in [6.07, 6.45) is 1.89. The topological polar surface area (TPSA) is 33.2 Å². The minimum atomic E-state index is -0.483. The molecule has 0 radical (unpaired) electrons. The van der Waals surface area contributed by atoms with Crippen molar-refractivity contribution in [2.24, 2.45) is 0 Å². The Morgan fingerprint density at radius 1 is 1.43 bits per heavy atom. The molecule has 0 aliphatic carbocycles. The van der Waals surface area contributed by atoms with Crippen LogP contribution in [0.15, 0.2) is 34.7 Å². The van der Waals surface area contributed by atoms with Crippen LogP contribution in [-0.4, -0.2) is 28.1 Å². The second kappa shape index (κ2) is 5.99. The molecule has 1 saturated heterocycles. The first kappa shape index (κ1) is 14.3. The lowest BCUT2D eigenvalue weighted by Gasteiger charge is -2.17. The number of nitrogens with zero attached hydrogens (tertiary/aromatic N) is 2. The fourth-order valence-electron chi connectivity index (χ4n) is 2.10. The maximum absolute atomic E-state index is 13.8. The molecule has 0 spiro atoms. The fourth-order valence-corrected chi connectivity index (χ4v) is 3.69. The van der Waals surface area contributed by atoms with E-state index in [2.05, 4.69) is 4.98 Å². The maximum Gasteiger partial charge on any atom is 0.261 e. The number of rotatable bonds is 2. The summed E-state index contributed by atoms with van der Waals surface area (Å²) in [5.74, 6) is 0.0364. The molecule has 1 amide bonds. The van der Waals surface area contributed by atoms with Crippen molar-refractivity contribution < 1.29 is 9.18 Å². The van der Waals surface area contributed by atoms with Gasteiger partial charge in [-0.3, -0.25) is 4.79 Å².